The molecule has 3 nitrogen and oxygen atoms in total. The van der Waals surface area contributed by atoms with E-state index in [2.05, 4.69) is 11.9 Å². The third kappa shape index (κ3) is 4.04. The van der Waals surface area contributed by atoms with E-state index in [1.165, 1.54) is 0 Å². The molecule has 1 aliphatic rings. The smallest absolute Gasteiger partial charge is 0.136 e. The molecule has 0 fully saturated rings. The van der Waals surface area contributed by atoms with Crippen molar-refractivity contribution in [1.29, 1.82) is 0 Å². The number of rotatable bonds is 6. The average Bonchev–Trinajstić information content (AvgIpc) is 3.03. The van der Waals surface area contributed by atoms with Gasteiger partial charge in [-0.3, -0.25) is 4.99 Å². The van der Waals surface area contributed by atoms with Gasteiger partial charge in [0.15, 0.2) is 0 Å². The summed E-state index contributed by atoms with van der Waals surface area (Å²) in [5, 5.41) is 1.09. The van der Waals surface area contributed by atoms with Crippen molar-refractivity contribution in [3.05, 3.63) is 54.6 Å². The fourth-order valence-corrected chi connectivity index (χ4v) is 3.19. The molecule has 0 spiro atoms. The van der Waals surface area contributed by atoms with E-state index >= 15 is 0 Å². The second-order valence-electron chi connectivity index (χ2n) is 5.07. The zero-order valence-electron chi connectivity index (χ0n) is 12.6. The number of benzene rings is 2. The minimum absolute atomic E-state index is 0.463. The Kier molecular flexibility index (Phi) is 5.01. The molecule has 2 aromatic carbocycles. The van der Waals surface area contributed by atoms with Crippen LogP contribution in [0.4, 0.5) is 0 Å². The Bertz CT molecular complexity index is 625. The van der Waals surface area contributed by atoms with E-state index in [4.69, 9.17) is 9.47 Å². The third-order valence-electron chi connectivity index (χ3n) is 3.41. The topological polar surface area (TPSA) is 30.8 Å². The molecule has 1 atom stereocenters. The lowest BCUT2D eigenvalue weighted by molar-refractivity contribution is 0.377. The largest absolute Gasteiger partial charge is 0.487 e. The highest BCUT2D eigenvalue weighted by molar-refractivity contribution is 8.14. The summed E-state index contributed by atoms with van der Waals surface area (Å²) in [5.74, 6) is 3.55. The number of para-hydroxylation sites is 1. The Morgan fingerprint density at radius 2 is 1.68 bits per heavy atom. The highest BCUT2D eigenvalue weighted by Gasteiger charge is 2.16. The quantitative estimate of drug-likeness (QED) is 0.769. The number of ether oxygens (including phenoxy) is 2. The molecule has 0 saturated heterocycles. The van der Waals surface area contributed by atoms with Crippen LogP contribution in [0.2, 0.25) is 0 Å². The van der Waals surface area contributed by atoms with Gasteiger partial charge in [0.05, 0.1) is 6.04 Å². The van der Waals surface area contributed by atoms with Gasteiger partial charge in [-0.15, -0.1) is 11.8 Å². The Morgan fingerprint density at radius 3 is 2.36 bits per heavy atom. The highest BCUT2D eigenvalue weighted by Crippen LogP contribution is 2.25. The molecule has 0 aliphatic carbocycles. The molecule has 4 heteroatoms. The summed E-state index contributed by atoms with van der Waals surface area (Å²) >= 11 is 1.80. The van der Waals surface area contributed by atoms with E-state index < -0.39 is 0 Å². The van der Waals surface area contributed by atoms with E-state index in [-0.39, 0.29) is 0 Å². The van der Waals surface area contributed by atoms with Crippen molar-refractivity contribution in [2.24, 2.45) is 4.99 Å². The summed E-state index contributed by atoms with van der Waals surface area (Å²) in [7, 11) is 0. The summed E-state index contributed by atoms with van der Waals surface area (Å²) in [6, 6.07) is 17.9. The van der Waals surface area contributed by atoms with Crippen LogP contribution in [-0.4, -0.2) is 23.4 Å². The van der Waals surface area contributed by atoms with Crippen molar-refractivity contribution < 1.29 is 9.47 Å². The summed E-state index contributed by atoms with van der Waals surface area (Å²) in [6.07, 6.45) is 1.10. The maximum Gasteiger partial charge on any atom is 0.136 e. The summed E-state index contributed by atoms with van der Waals surface area (Å²) < 4.78 is 11.5. The second-order valence-corrected chi connectivity index (χ2v) is 6.16. The van der Waals surface area contributed by atoms with Crippen LogP contribution in [0.25, 0.3) is 0 Å². The summed E-state index contributed by atoms with van der Waals surface area (Å²) in [5.41, 5.74) is 0. The van der Waals surface area contributed by atoms with Gasteiger partial charge in [-0.2, -0.15) is 0 Å². The van der Waals surface area contributed by atoms with Gasteiger partial charge in [0, 0.05) is 5.75 Å². The van der Waals surface area contributed by atoms with Gasteiger partial charge in [0.2, 0.25) is 0 Å². The molecule has 1 heterocycles. The van der Waals surface area contributed by atoms with Gasteiger partial charge in [0.25, 0.3) is 0 Å². The lowest BCUT2D eigenvalue weighted by atomic mass is 10.3. The van der Waals surface area contributed by atoms with E-state index in [0.29, 0.717) is 12.6 Å². The zero-order valence-corrected chi connectivity index (χ0v) is 13.4. The Labute approximate surface area is 135 Å². The van der Waals surface area contributed by atoms with Crippen LogP contribution in [-0.2, 0) is 0 Å². The van der Waals surface area contributed by atoms with Crippen LogP contribution in [0, 0.1) is 0 Å². The van der Waals surface area contributed by atoms with Crippen molar-refractivity contribution in [3.8, 4) is 17.2 Å². The van der Waals surface area contributed by atoms with Crippen molar-refractivity contribution in [2.75, 3.05) is 12.4 Å². The fraction of sp³-hybridized carbons (Fsp3) is 0.278. The van der Waals surface area contributed by atoms with Gasteiger partial charge in [-0.05, 0) is 42.8 Å². The third-order valence-corrected chi connectivity index (χ3v) is 4.51. The van der Waals surface area contributed by atoms with E-state index in [1.807, 2.05) is 54.6 Å². The van der Waals surface area contributed by atoms with Crippen molar-refractivity contribution in [1.82, 2.24) is 0 Å². The van der Waals surface area contributed by atoms with Crippen LogP contribution in [0.1, 0.15) is 13.3 Å². The SMILES string of the molecule is CCC1CSC(COc2ccc(Oc3ccccc3)cc2)=N1. The van der Waals surface area contributed by atoms with E-state index in [1.54, 1.807) is 11.8 Å². The lowest BCUT2D eigenvalue weighted by Crippen LogP contribution is -2.06. The molecule has 0 saturated carbocycles. The van der Waals surface area contributed by atoms with E-state index in [0.717, 1.165) is 34.5 Å². The monoisotopic (exact) mass is 313 g/mol. The molecular weight excluding hydrogens is 294 g/mol. The molecule has 1 aliphatic heterocycles. The summed E-state index contributed by atoms with van der Waals surface area (Å²) in [6.45, 7) is 2.73. The molecule has 22 heavy (non-hydrogen) atoms. The minimum atomic E-state index is 0.463. The number of hydrogen-bond donors (Lipinski definition) is 0. The van der Waals surface area contributed by atoms with Gasteiger partial charge >= 0.3 is 0 Å². The normalized spacial score (nSPS) is 17.1. The van der Waals surface area contributed by atoms with Gasteiger partial charge < -0.3 is 9.47 Å². The fourth-order valence-electron chi connectivity index (χ4n) is 2.13. The summed E-state index contributed by atoms with van der Waals surface area (Å²) in [4.78, 5) is 4.62. The molecule has 2 aromatic rings. The van der Waals surface area contributed by atoms with Crippen molar-refractivity contribution >= 4 is 16.8 Å². The van der Waals surface area contributed by atoms with Crippen LogP contribution < -0.4 is 9.47 Å². The predicted molar refractivity (Wildman–Crippen MR) is 92.4 cm³/mol. The minimum Gasteiger partial charge on any atom is -0.487 e. The molecule has 0 amide bonds. The van der Waals surface area contributed by atoms with E-state index in [9.17, 15) is 0 Å². The molecule has 0 bridgehead atoms. The first-order chi connectivity index (χ1) is 10.8. The van der Waals surface area contributed by atoms with Gasteiger partial charge in [0.1, 0.15) is 28.9 Å². The first kappa shape index (κ1) is 15.0. The van der Waals surface area contributed by atoms with Crippen molar-refractivity contribution in [3.63, 3.8) is 0 Å². The average molecular weight is 313 g/mol. The number of thioether (sulfide) groups is 1. The van der Waals surface area contributed by atoms with Crippen molar-refractivity contribution in [2.45, 2.75) is 19.4 Å². The molecule has 1 unspecified atom stereocenters. The molecule has 114 valence electrons. The Balaban J connectivity index is 1.53. The maximum absolute atomic E-state index is 5.78. The Hall–Kier alpha value is -1.94. The zero-order chi connectivity index (χ0) is 15.2. The molecule has 0 radical (unpaired) electrons. The second kappa shape index (κ2) is 7.36. The van der Waals surface area contributed by atoms with Gasteiger partial charge in [-0.25, -0.2) is 0 Å². The van der Waals surface area contributed by atoms with Gasteiger partial charge in [-0.1, -0.05) is 25.1 Å². The standard InChI is InChI=1S/C18H19NO2S/c1-2-14-13-22-18(19-14)12-20-15-8-10-17(11-9-15)21-16-6-4-3-5-7-16/h3-11,14H,2,12-13H2,1H3. The molecular formula is C18H19NO2S. The lowest BCUT2D eigenvalue weighted by Gasteiger charge is -2.08. The van der Waals surface area contributed by atoms with Crippen LogP contribution >= 0.6 is 11.8 Å². The number of hydrogen-bond acceptors (Lipinski definition) is 4. The molecule has 0 aromatic heterocycles. The van der Waals surface area contributed by atoms with Crippen LogP contribution in [0.3, 0.4) is 0 Å². The van der Waals surface area contributed by atoms with Crippen LogP contribution in [0.15, 0.2) is 59.6 Å². The number of aliphatic imine (C=N–C) groups is 1. The molecule has 0 N–H and O–H groups in total. The highest BCUT2D eigenvalue weighted by atomic mass is 32.2. The maximum atomic E-state index is 5.78. The molecule has 3 rings (SSSR count). The first-order valence-corrected chi connectivity index (χ1v) is 8.47. The predicted octanol–water partition coefficient (Wildman–Crippen LogP) is 4.78. The first-order valence-electron chi connectivity index (χ1n) is 7.48. The number of nitrogens with zero attached hydrogens (tertiary/aromatic N) is 1. The Morgan fingerprint density at radius 1 is 1.00 bits per heavy atom. The van der Waals surface area contributed by atoms with Crippen LogP contribution in [0.5, 0.6) is 17.2 Å².